The molecule has 2 aliphatic rings. The minimum Gasteiger partial charge on any atom is -0.308 e. The molecule has 1 saturated carbocycles. The first-order valence-electron chi connectivity index (χ1n) is 2.84. The Bertz CT molecular complexity index is 116. The van der Waals surface area contributed by atoms with Crippen LogP contribution < -0.4 is 5.32 Å². The Morgan fingerprint density at radius 2 is 2.11 bits per heavy atom. The molecule has 4 heteroatoms. The molecular weight excluding hydrogens is 148 g/mol. The molecule has 0 amide bonds. The second-order valence-electron chi connectivity index (χ2n) is 2.50. The molecule has 9 heavy (non-hydrogen) atoms. The van der Waals surface area contributed by atoms with Crippen LogP contribution in [0.2, 0.25) is 0 Å². The molecule has 0 aromatic carbocycles. The number of halogens is 3. The SMILES string of the molecule is Cl.FC1(F)C2CCNC21. The lowest BCUT2D eigenvalue weighted by atomic mass is 10.3. The largest absolute Gasteiger partial charge is 0.308 e. The van der Waals surface area contributed by atoms with Crippen LogP contribution in [-0.4, -0.2) is 18.5 Å². The van der Waals surface area contributed by atoms with Crippen molar-refractivity contribution in [3.63, 3.8) is 0 Å². The second-order valence-corrected chi connectivity index (χ2v) is 2.50. The highest BCUT2D eigenvalue weighted by Gasteiger charge is 2.69. The van der Waals surface area contributed by atoms with Crippen LogP contribution >= 0.6 is 12.4 Å². The van der Waals surface area contributed by atoms with Crippen LogP contribution in [0.3, 0.4) is 0 Å². The first-order chi connectivity index (χ1) is 3.73. The molecule has 2 unspecified atom stereocenters. The van der Waals surface area contributed by atoms with E-state index in [4.69, 9.17) is 0 Å². The highest BCUT2D eigenvalue weighted by atomic mass is 35.5. The quantitative estimate of drug-likeness (QED) is 0.551. The highest BCUT2D eigenvalue weighted by molar-refractivity contribution is 5.85. The fourth-order valence-corrected chi connectivity index (χ4v) is 1.42. The van der Waals surface area contributed by atoms with E-state index in [9.17, 15) is 8.78 Å². The van der Waals surface area contributed by atoms with Gasteiger partial charge in [0.25, 0.3) is 5.92 Å². The van der Waals surface area contributed by atoms with Gasteiger partial charge in [-0.15, -0.1) is 12.4 Å². The van der Waals surface area contributed by atoms with Gasteiger partial charge in [0.2, 0.25) is 0 Å². The van der Waals surface area contributed by atoms with E-state index in [1.54, 1.807) is 0 Å². The van der Waals surface area contributed by atoms with Gasteiger partial charge in [0.05, 0.1) is 6.04 Å². The fraction of sp³-hybridized carbons (Fsp3) is 1.00. The van der Waals surface area contributed by atoms with Gasteiger partial charge in [-0.25, -0.2) is 8.78 Å². The van der Waals surface area contributed by atoms with Gasteiger partial charge in [-0.05, 0) is 13.0 Å². The average Bonchev–Trinajstić information content (AvgIpc) is 2.22. The second kappa shape index (κ2) is 1.80. The predicted octanol–water partition coefficient (Wildman–Crippen LogP) is 1.04. The smallest absolute Gasteiger partial charge is 0.268 e. The van der Waals surface area contributed by atoms with Crippen molar-refractivity contribution in [2.75, 3.05) is 6.54 Å². The Balaban J connectivity index is 0.000000405. The third-order valence-corrected chi connectivity index (χ3v) is 2.02. The number of fused-ring (bicyclic) bond motifs is 1. The van der Waals surface area contributed by atoms with Crippen molar-refractivity contribution >= 4 is 12.4 Å². The molecule has 1 heterocycles. The lowest BCUT2D eigenvalue weighted by Crippen LogP contribution is -2.20. The zero-order chi connectivity index (χ0) is 5.78. The van der Waals surface area contributed by atoms with Gasteiger partial charge in [-0.2, -0.15) is 0 Å². The van der Waals surface area contributed by atoms with Gasteiger partial charge in [0.1, 0.15) is 0 Å². The zero-order valence-corrected chi connectivity index (χ0v) is 5.55. The molecule has 2 rings (SSSR count). The molecule has 0 aromatic rings. The third kappa shape index (κ3) is 0.749. The summed E-state index contributed by atoms with van der Waals surface area (Å²) in [5, 5.41) is 2.73. The van der Waals surface area contributed by atoms with Crippen molar-refractivity contribution in [2.24, 2.45) is 5.92 Å². The van der Waals surface area contributed by atoms with Crippen molar-refractivity contribution in [2.45, 2.75) is 18.4 Å². The van der Waals surface area contributed by atoms with E-state index in [0.29, 0.717) is 6.42 Å². The molecule has 1 saturated heterocycles. The van der Waals surface area contributed by atoms with E-state index in [1.807, 2.05) is 0 Å². The summed E-state index contributed by atoms with van der Waals surface area (Å²) >= 11 is 0. The van der Waals surface area contributed by atoms with Crippen LogP contribution in [0.15, 0.2) is 0 Å². The predicted molar refractivity (Wildman–Crippen MR) is 32.1 cm³/mol. The van der Waals surface area contributed by atoms with Crippen LogP contribution in [0.5, 0.6) is 0 Å². The van der Waals surface area contributed by atoms with Crippen LogP contribution in [-0.2, 0) is 0 Å². The Labute approximate surface area is 58.2 Å². The van der Waals surface area contributed by atoms with Crippen LogP contribution in [0, 0.1) is 5.92 Å². The maximum Gasteiger partial charge on any atom is 0.268 e. The average molecular weight is 156 g/mol. The normalized spacial score (nSPS) is 43.3. The minimum atomic E-state index is -2.35. The number of hydrogen-bond donors (Lipinski definition) is 1. The summed E-state index contributed by atoms with van der Waals surface area (Å²) in [4.78, 5) is 0. The summed E-state index contributed by atoms with van der Waals surface area (Å²) in [6.07, 6.45) is 0.664. The van der Waals surface area contributed by atoms with Crippen molar-refractivity contribution in [1.29, 1.82) is 0 Å². The molecule has 1 aliphatic heterocycles. The maximum atomic E-state index is 12.2. The topological polar surface area (TPSA) is 12.0 Å². The standard InChI is InChI=1S/C5H7F2N.ClH/c6-5(7)3-1-2-8-4(3)5;/h3-4,8H,1-2H2;1H. The molecule has 0 aromatic heterocycles. The minimum absolute atomic E-state index is 0. The summed E-state index contributed by atoms with van der Waals surface area (Å²) in [5.41, 5.74) is 0. The Hall–Kier alpha value is 0.110. The number of alkyl halides is 2. The first kappa shape index (κ1) is 7.22. The number of nitrogens with one attached hydrogen (secondary N) is 1. The first-order valence-corrected chi connectivity index (χ1v) is 2.84. The molecule has 54 valence electrons. The van der Waals surface area contributed by atoms with E-state index in [2.05, 4.69) is 5.32 Å². The van der Waals surface area contributed by atoms with Gasteiger partial charge in [0.15, 0.2) is 0 Å². The highest BCUT2D eigenvalue weighted by Crippen LogP contribution is 2.53. The molecule has 2 atom stereocenters. The van der Waals surface area contributed by atoms with Crippen LogP contribution in [0.1, 0.15) is 6.42 Å². The Morgan fingerprint density at radius 3 is 2.33 bits per heavy atom. The fourth-order valence-electron chi connectivity index (χ4n) is 1.42. The lowest BCUT2D eigenvalue weighted by molar-refractivity contribution is 0.0805. The van der Waals surface area contributed by atoms with Crippen LogP contribution in [0.25, 0.3) is 0 Å². The molecule has 1 aliphatic carbocycles. The molecule has 0 radical (unpaired) electrons. The summed E-state index contributed by atoms with van der Waals surface area (Å²) < 4.78 is 24.4. The molecule has 1 nitrogen and oxygen atoms in total. The molecule has 1 N–H and O–H groups in total. The molecule has 0 spiro atoms. The zero-order valence-electron chi connectivity index (χ0n) is 4.73. The molecule has 0 bridgehead atoms. The van der Waals surface area contributed by atoms with Crippen molar-refractivity contribution in [3.8, 4) is 0 Å². The number of rotatable bonds is 0. The third-order valence-electron chi connectivity index (χ3n) is 2.02. The van der Waals surface area contributed by atoms with E-state index < -0.39 is 12.0 Å². The van der Waals surface area contributed by atoms with E-state index >= 15 is 0 Å². The van der Waals surface area contributed by atoms with Crippen LogP contribution in [0.4, 0.5) is 8.78 Å². The van der Waals surface area contributed by atoms with Gasteiger partial charge in [-0.3, -0.25) is 0 Å². The molecule has 2 fully saturated rings. The van der Waals surface area contributed by atoms with Crippen molar-refractivity contribution in [3.05, 3.63) is 0 Å². The van der Waals surface area contributed by atoms with Crippen molar-refractivity contribution in [1.82, 2.24) is 5.32 Å². The maximum absolute atomic E-state index is 12.2. The van der Waals surface area contributed by atoms with Gasteiger partial charge < -0.3 is 5.32 Å². The summed E-state index contributed by atoms with van der Waals surface area (Å²) in [5.74, 6) is -2.67. The van der Waals surface area contributed by atoms with Gasteiger partial charge >= 0.3 is 0 Å². The Kier molecular flexibility index (Phi) is 1.44. The number of hydrogen-bond acceptors (Lipinski definition) is 1. The summed E-state index contributed by atoms with van der Waals surface area (Å²) in [6.45, 7) is 0.783. The number of piperidine rings is 1. The Morgan fingerprint density at radius 1 is 1.44 bits per heavy atom. The van der Waals surface area contributed by atoms with Gasteiger partial charge in [0, 0.05) is 5.92 Å². The summed E-state index contributed by atoms with van der Waals surface area (Å²) in [7, 11) is 0. The van der Waals surface area contributed by atoms with E-state index in [-0.39, 0.29) is 18.3 Å². The lowest BCUT2D eigenvalue weighted by Gasteiger charge is -1.98. The molecular formula is C5H8ClF2N. The van der Waals surface area contributed by atoms with Crippen molar-refractivity contribution < 1.29 is 8.78 Å². The monoisotopic (exact) mass is 155 g/mol. The van der Waals surface area contributed by atoms with Gasteiger partial charge in [-0.1, -0.05) is 0 Å². The van der Waals surface area contributed by atoms with E-state index in [1.165, 1.54) is 0 Å². The van der Waals surface area contributed by atoms with E-state index in [0.717, 1.165) is 6.54 Å². The summed E-state index contributed by atoms with van der Waals surface area (Å²) in [6, 6.07) is -0.456.